The van der Waals surface area contributed by atoms with E-state index >= 15 is 0 Å². The molecule has 0 aromatic heterocycles. The van der Waals surface area contributed by atoms with Crippen LogP contribution in [0, 0.1) is 5.82 Å². The molecule has 0 saturated heterocycles. The summed E-state index contributed by atoms with van der Waals surface area (Å²) in [5.74, 6) is 0.939. The van der Waals surface area contributed by atoms with Crippen LogP contribution in [0.5, 0.6) is 11.5 Å². The number of hydrogen-bond acceptors (Lipinski definition) is 4. The van der Waals surface area contributed by atoms with E-state index in [1.807, 2.05) is 6.07 Å². The van der Waals surface area contributed by atoms with Gasteiger partial charge in [0, 0.05) is 21.5 Å². The van der Waals surface area contributed by atoms with Gasteiger partial charge < -0.3 is 15.2 Å². The lowest BCUT2D eigenvalue weighted by Crippen LogP contribution is -1.95. The van der Waals surface area contributed by atoms with Crippen LogP contribution in [-0.2, 0) is 0 Å². The van der Waals surface area contributed by atoms with Gasteiger partial charge in [0.25, 0.3) is 0 Å². The quantitative estimate of drug-likeness (QED) is 0.869. The molecule has 0 amide bonds. The van der Waals surface area contributed by atoms with Crippen LogP contribution in [0.2, 0.25) is 0 Å². The number of rotatable bonds is 4. The molecule has 2 aromatic rings. The molecule has 0 atom stereocenters. The third-order valence-corrected chi connectivity index (χ3v) is 3.64. The predicted octanol–water partition coefficient (Wildman–Crippen LogP) is 3.58. The number of benzene rings is 2. The third-order valence-electron chi connectivity index (χ3n) is 2.56. The molecule has 19 heavy (non-hydrogen) atoms. The lowest BCUT2D eigenvalue weighted by molar-refractivity contribution is 0.354. The van der Waals surface area contributed by atoms with Gasteiger partial charge in [-0.2, -0.15) is 0 Å². The Morgan fingerprint density at radius 2 is 1.58 bits per heavy atom. The van der Waals surface area contributed by atoms with E-state index in [4.69, 9.17) is 15.2 Å². The van der Waals surface area contributed by atoms with Crippen LogP contribution in [0.25, 0.3) is 0 Å². The summed E-state index contributed by atoms with van der Waals surface area (Å²) < 4.78 is 23.3. The van der Waals surface area contributed by atoms with Crippen molar-refractivity contribution in [3.63, 3.8) is 0 Å². The van der Waals surface area contributed by atoms with E-state index in [1.165, 1.54) is 23.9 Å². The zero-order valence-electron chi connectivity index (χ0n) is 10.6. The van der Waals surface area contributed by atoms with Gasteiger partial charge in [-0.3, -0.25) is 0 Å². The Kier molecular flexibility index (Phi) is 4.16. The fourth-order valence-corrected chi connectivity index (χ4v) is 2.46. The standard InChI is InChI=1S/C14H14FNO2S/c1-17-12-7-11(16)14(8-13(12)18-2)19-10-5-3-9(15)4-6-10/h3-8H,16H2,1-2H3. The topological polar surface area (TPSA) is 44.5 Å². The highest BCUT2D eigenvalue weighted by Crippen LogP contribution is 2.39. The second-order valence-corrected chi connectivity index (χ2v) is 4.92. The summed E-state index contributed by atoms with van der Waals surface area (Å²) >= 11 is 1.44. The van der Waals surface area contributed by atoms with Gasteiger partial charge in [-0.15, -0.1) is 0 Å². The highest BCUT2D eigenvalue weighted by Gasteiger charge is 2.10. The van der Waals surface area contributed by atoms with Gasteiger partial charge in [0.15, 0.2) is 11.5 Å². The molecule has 0 heterocycles. The fraction of sp³-hybridized carbons (Fsp3) is 0.143. The normalized spacial score (nSPS) is 10.3. The minimum Gasteiger partial charge on any atom is -0.493 e. The molecule has 3 nitrogen and oxygen atoms in total. The number of ether oxygens (including phenoxy) is 2. The average molecular weight is 279 g/mol. The molecule has 5 heteroatoms. The van der Waals surface area contributed by atoms with E-state index in [2.05, 4.69) is 0 Å². The molecule has 100 valence electrons. The van der Waals surface area contributed by atoms with Crippen molar-refractivity contribution in [2.75, 3.05) is 20.0 Å². The fourth-order valence-electron chi connectivity index (χ4n) is 1.59. The number of anilines is 1. The first kappa shape index (κ1) is 13.5. The van der Waals surface area contributed by atoms with Gasteiger partial charge in [-0.05, 0) is 30.3 Å². The van der Waals surface area contributed by atoms with Crippen LogP contribution in [0.4, 0.5) is 10.1 Å². The van der Waals surface area contributed by atoms with Gasteiger partial charge in [-0.25, -0.2) is 4.39 Å². The molecule has 0 aliphatic carbocycles. The van der Waals surface area contributed by atoms with Crippen LogP contribution in [-0.4, -0.2) is 14.2 Å². The highest BCUT2D eigenvalue weighted by atomic mass is 32.2. The molecule has 0 fully saturated rings. The Balaban J connectivity index is 2.32. The lowest BCUT2D eigenvalue weighted by atomic mass is 10.3. The first-order valence-corrected chi connectivity index (χ1v) is 6.40. The zero-order valence-corrected chi connectivity index (χ0v) is 11.5. The van der Waals surface area contributed by atoms with Crippen molar-refractivity contribution in [1.82, 2.24) is 0 Å². The molecule has 0 radical (unpaired) electrons. The monoisotopic (exact) mass is 279 g/mol. The summed E-state index contributed by atoms with van der Waals surface area (Å²) in [6.45, 7) is 0. The van der Waals surface area contributed by atoms with E-state index in [0.29, 0.717) is 17.2 Å². The van der Waals surface area contributed by atoms with Crippen molar-refractivity contribution in [1.29, 1.82) is 0 Å². The van der Waals surface area contributed by atoms with Crippen molar-refractivity contribution in [3.05, 3.63) is 42.2 Å². The highest BCUT2D eigenvalue weighted by molar-refractivity contribution is 7.99. The van der Waals surface area contributed by atoms with Crippen LogP contribution in [0.1, 0.15) is 0 Å². The first-order chi connectivity index (χ1) is 9.13. The molecule has 2 rings (SSSR count). The minimum atomic E-state index is -0.260. The molecule has 0 saturated carbocycles. The van der Waals surface area contributed by atoms with E-state index in [-0.39, 0.29) is 5.82 Å². The summed E-state index contributed by atoms with van der Waals surface area (Å²) in [6, 6.07) is 9.76. The molecule has 0 aliphatic heterocycles. The van der Waals surface area contributed by atoms with Crippen molar-refractivity contribution in [2.24, 2.45) is 0 Å². The molecule has 0 spiro atoms. The van der Waals surface area contributed by atoms with Gasteiger partial charge in [0.05, 0.1) is 14.2 Å². The van der Waals surface area contributed by atoms with E-state index in [0.717, 1.165) is 9.79 Å². The molecular weight excluding hydrogens is 265 g/mol. The maximum Gasteiger partial charge on any atom is 0.162 e. The molecular formula is C14H14FNO2S. The third kappa shape index (κ3) is 3.12. The SMILES string of the molecule is COc1cc(N)c(Sc2ccc(F)cc2)cc1OC. The molecule has 0 aliphatic rings. The second kappa shape index (κ2) is 5.84. The average Bonchev–Trinajstić information content (AvgIpc) is 2.43. The number of nitrogens with two attached hydrogens (primary N) is 1. The summed E-state index contributed by atoms with van der Waals surface area (Å²) in [6.07, 6.45) is 0. The van der Waals surface area contributed by atoms with Crippen LogP contribution in [0.3, 0.4) is 0 Å². The summed E-state index contributed by atoms with van der Waals surface area (Å²) in [7, 11) is 3.13. The Morgan fingerprint density at radius 1 is 1.00 bits per heavy atom. The van der Waals surface area contributed by atoms with Crippen LogP contribution < -0.4 is 15.2 Å². The second-order valence-electron chi connectivity index (χ2n) is 3.80. The Morgan fingerprint density at radius 3 is 2.16 bits per heavy atom. The van der Waals surface area contributed by atoms with Crippen LogP contribution >= 0.6 is 11.8 Å². The van der Waals surface area contributed by atoms with Crippen molar-refractivity contribution >= 4 is 17.4 Å². The van der Waals surface area contributed by atoms with Gasteiger partial charge in [0.2, 0.25) is 0 Å². The maximum absolute atomic E-state index is 12.9. The molecule has 0 unspecified atom stereocenters. The van der Waals surface area contributed by atoms with Crippen molar-refractivity contribution in [3.8, 4) is 11.5 Å². The van der Waals surface area contributed by atoms with Gasteiger partial charge in [0.1, 0.15) is 5.82 Å². The number of hydrogen-bond donors (Lipinski definition) is 1. The zero-order chi connectivity index (χ0) is 13.8. The number of methoxy groups -OCH3 is 2. The smallest absolute Gasteiger partial charge is 0.162 e. The van der Waals surface area contributed by atoms with Crippen molar-refractivity contribution < 1.29 is 13.9 Å². The van der Waals surface area contributed by atoms with E-state index in [9.17, 15) is 4.39 Å². The molecule has 2 aromatic carbocycles. The summed E-state index contributed by atoms with van der Waals surface area (Å²) in [4.78, 5) is 1.74. The Labute approximate surface area is 115 Å². The lowest BCUT2D eigenvalue weighted by Gasteiger charge is -2.12. The number of halogens is 1. The molecule has 2 N–H and O–H groups in total. The summed E-state index contributed by atoms with van der Waals surface area (Å²) in [5, 5.41) is 0. The first-order valence-electron chi connectivity index (χ1n) is 5.59. The van der Waals surface area contributed by atoms with Gasteiger partial charge >= 0.3 is 0 Å². The predicted molar refractivity (Wildman–Crippen MR) is 74.5 cm³/mol. The Hall–Kier alpha value is -1.88. The van der Waals surface area contributed by atoms with Crippen LogP contribution in [0.15, 0.2) is 46.2 Å². The molecule has 0 bridgehead atoms. The van der Waals surface area contributed by atoms with Crippen molar-refractivity contribution in [2.45, 2.75) is 9.79 Å². The van der Waals surface area contributed by atoms with E-state index < -0.39 is 0 Å². The minimum absolute atomic E-state index is 0.260. The summed E-state index contributed by atoms with van der Waals surface area (Å²) in [5.41, 5.74) is 6.56. The maximum atomic E-state index is 12.9. The Bertz CT molecular complexity index is 572. The van der Waals surface area contributed by atoms with E-state index in [1.54, 1.807) is 32.4 Å². The number of nitrogen functional groups attached to an aromatic ring is 1. The van der Waals surface area contributed by atoms with Gasteiger partial charge in [-0.1, -0.05) is 11.8 Å². The largest absolute Gasteiger partial charge is 0.493 e.